The third-order valence-corrected chi connectivity index (χ3v) is 3.85. The Kier molecular flexibility index (Phi) is 4.92. The van der Waals surface area contributed by atoms with Crippen LogP contribution in [-0.2, 0) is 6.54 Å². The van der Waals surface area contributed by atoms with Crippen molar-refractivity contribution in [3.8, 4) is 0 Å². The largest absolute Gasteiger partial charge is 0.409 e. The van der Waals surface area contributed by atoms with Crippen molar-refractivity contribution in [2.75, 3.05) is 26.2 Å². The number of nitrogens with two attached hydrogens (primary N) is 1. The first-order chi connectivity index (χ1) is 9.61. The summed E-state index contributed by atoms with van der Waals surface area (Å²) in [6, 6.07) is 6.80. The van der Waals surface area contributed by atoms with Gasteiger partial charge in [-0.25, -0.2) is 4.39 Å². The number of oxime groups is 1. The number of hydrogen-bond donors (Lipinski definition) is 2. The van der Waals surface area contributed by atoms with Crippen LogP contribution in [0, 0.1) is 5.82 Å². The molecule has 5 nitrogen and oxygen atoms in total. The summed E-state index contributed by atoms with van der Waals surface area (Å²) in [4.78, 5) is 4.38. The van der Waals surface area contributed by atoms with Gasteiger partial charge in [-0.05, 0) is 13.0 Å². The Balaban J connectivity index is 1.87. The zero-order chi connectivity index (χ0) is 14.5. The molecule has 0 spiro atoms. The molecule has 1 unspecified atom stereocenters. The molecule has 1 aromatic carbocycles. The third kappa shape index (κ3) is 3.46. The van der Waals surface area contributed by atoms with Crippen LogP contribution in [0.3, 0.4) is 0 Å². The maximum absolute atomic E-state index is 13.6. The lowest BCUT2D eigenvalue weighted by Crippen LogP contribution is -2.52. The molecule has 20 heavy (non-hydrogen) atoms. The van der Waals surface area contributed by atoms with Gasteiger partial charge in [0.25, 0.3) is 0 Å². The summed E-state index contributed by atoms with van der Waals surface area (Å²) in [5, 5.41) is 11.7. The fourth-order valence-electron chi connectivity index (χ4n) is 2.45. The summed E-state index contributed by atoms with van der Waals surface area (Å²) in [6.45, 7) is 5.88. The Morgan fingerprint density at radius 1 is 1.35 bits per heavy atom. The topological polar surface area (TPSA) is 65.1 Å². The quantitative estimate of drug-likeness (QED) is 0.375. The molecule has 1 atom stereocenters. The molecule has 0 amide bonds. The Hall–Kier alpha value is -1.66. The summed E-state index contributed by atoms with van der Waals surface area (Å²) in [5.41, 5.74) is 6.35. The van der Waals surface area contributed by atoms with Gasteiger partial charge < -0.3 is 10.9 Å². The first-order valence-corrected chi connectivity index (χ1v) is 6.79. The predicted octanol–water partition coefficient (Wildman–Crippen LogP) is 1.08. The van der Waals surface area contributed by atoms with Gasteiger partial charge in [-0.1, -0.05) is 23.4 Å². The van der Waals surface area contributed by atoms with Crippen LogP contribution in [0.25, 0.3) is 0 Å². The smallest absolute Gasteiger partial charge is 0.156 e. The van der Waals surface area contributed by atoms with Crippen molar-refractivity contribution in [1.82, 2.24) is 9.80 Å². The second kappa shape index (κ2) is 6.67. The molecule has 3 N–H and O–H groups in total. The fraction of sp³-hybridized carbons (Fsp3) is 0.500. The van der Waals surface area contributed by atoms with E-state index in [0.29, 0.717) is 6.54 Å². The molecule has 0 aromatic heterocycles. The molecule has 0 aliphatic carbocycles. The van der Waals surface area contributed by atoms with Crippen molar-refractivity contribution in [3.63, 3.8) is 0 Å². The van der Waals surface area contributed by atoms with E-state index in [2.05, 4.69) is 15.0 Å². The van der Waals surface area contributed by atoms with Crippen LogP contribution in [0.2, 0.25) is 0 Å². The molecule has 6 heteroatoms. The standard InChI is InChI=1S/C14H21FN4O/c1-11(14(16)17-20)19-8-6-18(7-9-19)10-12-4-2-3-5-13(12)15/h2-5,11,20H,6-10H2,1H3,(H2,16,17). The van der Waals surface area contributed by atoms with Crippen LogP contribution in [-0.4, -0.2) is 53.1 Å². The summed E-state index contributed by atoms with van der Waals surface area (Å²) in [7, 11) is 0. The van der Waals surface area contributed by atoms with Crippen molar-refractivity contribution >= 4 is 5.84 Å². The highest BCUT2D eigenvalue weighted by molar-refractivity contribution is 5.84. The molecular formula is C14H21FN4O. The Morgan fingerprint density at radius 3 is 2.60 bits per heavy atom. The minimum atomic E-state index is -0.153. The van der Waals surface area contributed by atoms with Crippen molar-refractivity contribution in [3.05, 3.63) is 35.6 Å². The van der Waals surface area contributed by atoms with E-state index in [1.807, 2.05) is 19.1 Å². The van der Waals surface area contributed by atoms with Crippen LogP contribution < -0.4 is 5.73 Å². The minimum absolute atomic E-state index is 0.0735. The van der Waals surface area contributed by atoms with Crippen LogP contribution in [0.1, 0.15) is 12.5 Å². The van der Waals surface area contributed by atoms with Crippen LogP contribution >= 0.6 is 0 Å². The first-order valence-electron chi connectivity index (χ1n) is 6.79. The highest BCUT2D eigenvalue weighted by atomic mass is 19.1. The van der Waals surface area contributed by atoms with Gasteiger partial charge in [-0.2, -0.15) is 0 Å². The van der Waals surface area contributed by atoms with Crippen LogP contribution in [0.15, 0.2) is 29.4 Å². The molecule has 0 bridgehead atoms. The predicted molar refractivity (Wildman–Crippen MR) is 76.1 cm³/mol. The average molecular weight is 280 g/mol. The molecule has 1 aliphatic heterocycles. The molecule has 0 radical (unpaired) electrons. The fourth-order valence-corrected chi connectivity index (χ4v) is 2.45. The van der Waals surface area contributed by atoms with Crippen LogP contribution in [0.5, 0.6) is 0 Å². The second-order valence-electron chi connectivity index (χ2n) is 5.10. The normalized spacial score (nSPS) is 20.0. The Labute approximate surface area is 118 Å². The maximum atomic E-state index is 13.6. The number of nitrogens with zero attached hydrogens (tertiary/aromatic N) is 3. The van der Waals surface area contributed by atoms with E-state index in [0.717, 1.165) is 31.7 Å². The van der Waals surface area contributed by atoms with Gasteiger partial charge in [-0.3, -0.25) is 9.80 Å². The highest BCUT2D eigenvalue weighted by Gasteiger charge is 2.23. The molecule has 1 aliphatic rings. The van der Waals surface area contributed by atoms with Crippen molar-refractivity contribution in [2.45, 2.75) is 19.5 Å². The van der Waals surface area contributed by atoms with Gasteiger partial charge in [0.15, 0.2) is 5.84 Å². The van der Waals surface area contributed by atoms with E-state index < -0.39 is 0 Å². The molecule has 110 valence electrons. The lowest BCUT2D eigenvalue weighted by molar-refractivity contribution is 0.115. The Morgan fingerprint density at radius 2 is 2.00 bits per heavy atom. The lowest BCUT2D eigenvalue weighted by Gasteiger charge is -2.37. The molecule has 2 rings (SSSR count). The van der Waals surface area contributed by atoms with E-state index >= 15 is 0 Å². The monoisotopic (exact) mass is 280 g/mol. The highest BCUT2D eigenvalue weighted by Crippen LogP contribution is 2.13. The van der Waals surface area contributed by atoms with Gasteiger partial charge in [0, 0.05) is 38.3 Å². The number of amidine groups is 1. The number of benzene rings is 1. The van der Waals surface area contributed by atoms with Crippen LogP contribution in [0.4, 0.5) is 4.39 Å². The molecule has 1 aromatic rings. The number of rotatable bonds is 4. The average Bonchev–Trinajstić information content (AvgIpc) is 2.49. The first kappa shape index (κ1) is 14.7. The Bertz CT molecular complexity index is 472. The molecular weight excluding hydrogens is 259 g/mol. The maximum Gasteiger partial charge on any atom is 0.156 e. The van der Waals surface area contributed by atoms with E-state index in [1.54, 1.807) is 6.07 Å². The molecule has 1 heterocycles. The minimum Gasteiger partial charge on any atom is -0.409 e. The summed E-state index contributed by atoms with van der Waals surface area (Å²) < 4.78 is 13.6. The third-order valence-electron chi connectivity index (χ3n) is 3.85. The molecule has 0 saturated carbocycles. The zero-order valence-corrected chi connectivity index (χ0v) is 11.7. The lowest BCUT2D eigenvalue weighted by atomic mass is 10.1. The van der Waals surface area contributed by atoms with Gasteiger partial charge in [0.05, 0.1) is 6.04 Å². The summed E-state index contributed by atoms with van der Waals surface area (Å²) in [5.74, 6) is 0.0764. The summed E-state index contributed by atoms with van der Waals surface area (Å²) in [6.07, 6.45) is 0. The van der Waals surface area contributed by atoms with Crippen molar-refractivity contribution < 1.29 is 9.60 Å². The number of halogens is 1. The van der Waals surface area contributed by atoms with Gasteiger partial charge >= 0.3 is 0 Å². The van der Waals surface area contributed by atoms with Gasteiger partial charge in [-0.15, -0.1) is 0 Å². The van der Waals surface area contributed by atoms with Crippen molar-refractivity contribution in [2.24, 2.45) is 10.9 Å². The second-order valence-corrected chi connectivity index (χ2v) is 5.10. The zero-order valence-electron chi connectivity index (χ0n) is 11.7. The molecule has 1 saturated heterocycles. The van der Waals surface area contributed by atoms with E-state index in [4.69, 9.17) is 10.9 Å². The number of hydrogen-bond acceptors (Lipinski definition) is 4. The van der Waals surface area contributed by atoms with Gasteiger partial charge in [0.1, 0.15) is 5.82 Å². The van der Waals surface area contributed by atoms with E-state index in [-0.39, 0.29) is 17.7 Å². The van der Waals surface area contributed by atoms with Gasteiger partial charge in [0.2, 0.25) is 0 Å². The van der Waals surface area contributed by atoms with Crippen molar-refractivity contribution in [1.29, 1.82) is 0 Å². The summed E-state index contributed by atoms with van der Waals surface area (Å²) >= 11 is 0. The molecule has 1 fully saturated rings. The van der Waals surface area contributed by atoms with E-state index in [9.17, 15) is 4.39 Å². The SMILES string of the molecule is CC(C(N)=NO)N1CCN(Cc2ccccc2F)CC1. The number of piperazine rings is 1. The van der Waals surface area contributed by atoms with E-state index in [1.165, 1.54) is 6.07 Å².